The highest BCUT2D eigenvalue weighted by atomic mass is 19.4. The smallest absolute Gasteiger partial charge is 0.418 e. The normalized spacial score (nSPS) is 29.1. The number of anilines is 2. The lowest BCUT2D eigenvalue weighted by atomic mass is 9.99. The largest absolute Gasteiger partial charge is 0.472 e. The first-order valence-corrected chi connectivity index (χ1v) is 16.3. The highest BCUT2D eigenvalue weighted by molar-refractivity contribution is 5.97. The predicted molar refractivity (Wildman–Crippen MR) is 165 cm³/mol. The number of rotatable bonds is 7. The first-order chi connectivity index (χ1) is 22.8. The monoisotopic (exact) mass is 676 g/mol. The van der Waals surface area contributed by atoms with Gasteiger partial charge in [-0.2, -0.15) is 23.1 Å². The van der Waals surface area contributed by atoms with Crippen LogP contribution in [-0.2, 0) is 10.9 Å². The maximum Gasteiger partial charge on any atom is 0.418 e. The van der Waals surface area contributed by atoms with Gasteiger partial charge in [-0.25, -0.2) is 18.7 Å². The molecule has 6 atom stereocenters. The number of hydrogen-bond donors (Lipinski definition) is 2. The first-order valence-electron chi connectivity index (χ1n) is 16.3. The van der Waals surface area contributed by atoms with E-state index in [9.17, 15) is 17.6 Å². The van der Waals surface area contributed by atoms with Crippen molar-refractivity contribution in [3.05, 3.63) is 23.1 Å². The number of nitrogens with two attached hydrogens (primary N) is 1. The number of halogens is 5. The second kappa shape index (κ2) is 11.2. The van der Waals surface area contributed by atoms with E-state index in [-0.39, 0.29) is 65.3 Å². The number of nitrogens with zero attached hydrogens (tertiary/aromatic N) is 6. The van der Waals surface area contributed by atoms with Gasteiger partial charge in [0.25, 0.3) is 0 Å². The second-order valence-corrected chi connectivity index (χ2v) is 14.0. The highest BCUT2D eigenvalue weighted by Gasteiger charge is 2.49. The van der Waals surface area contributed by atoms with Gasteiger partial charge in [0.1, 0.15) is 46.6 Å². The molecule has 0 aromatic carbocycles. The Labute approximate surface area is 273 Å². The van der Waals surface area contributed by atoms with E-state index in [0.717, 1.165) is 31.7 Å². The average Bonchev–Trinajstić information content (AvgIpc) is 3.58. The van der Waals surface area contributed by atoms with Crippen molar-refractivity contribution in [1.29, 1.82) is 0 Å². The molecule has 4 aliphatic heterocycles. The number of pyridine rings is 2. The van der Waals surface area contributed by atoms with Crippen LogP contribution < -0.4 is 25.4 Å². The molecule has 11 nitrogen and oxygen atoms in total. The number of nitrogens with one attached hydrogen (secondary N) is 1. The molecule has 0 spiro atoms. The molecule has 1 aliphatic carbocycles. The number of piperazine rings is 1. The molecule has 3 N–H and O–H groups in total. The van der Waals surface area contributed by atoms with Crippen LogP contribution in [0.3, 0.4) is 0 Å². The molecule has 8 rings (SSSR count). The maximum absolute atomic E-state index is 16.8. The molecule has 3 saturated heterocycles. The Bertz CT molecular complexity index is 1770. The van der Waals surface area contributed by atoms with Gasteiger partial charge in [0.05, 0.1) is 23.9 Å². The summed E-state index contributed by atoms with van der Waals surface area (Å²) in [5, 5.41) is 3.80. The summed E-state index contributed by atoms with van der Waals surface area (Å²) in [6.07, 6.45) is -3.36. The van der Waals surface area contributed by atoms with E-state index >= 15 is 4.39 Å². The Hall–Kier alpha value is -3.63. The van der Waals surface area contributed by atoms with Gasteiger partial charge in [-0.3, -0.25) is 4.90 Å². The predicted octanol–water partition coefficient (Wildman–Crippen LogP) is 4.05. The zero-order valence-corrected chi connectivity index (χ0v) is 26.8. The summed E-state index contributed by atoms with van der Waals surface area (Å²) in [6.45, 7) is 5.14. The molecular formula is C32H37F5N8O3. The summed E-state index contributed by atoms with van der Waals surface area (Å²) in [7, 11) is 1.50. The van der Waals surface area contributed by atoms with E-state index in [0.29, 0.717) is 25.5 Å². The van der Waals surface area contributed by atoms with Gasteiger partial charge in [-0.1, -0.05) is 0 Å². The number of methoxy groups -OCH3 is 1. The Balaban J connectivity index is 1.24. The van der Waals surface area contributed by atoms with Crippen molar-refractivity contribution in [2.24, 2.45) is 5.41 Å². The Morgan fingerprint density at radius 2 is 1.92 bits per heavy atom. The molecule has 0 unspecified atom stereocenters. The topological polar surface area (TPSA) is 124 Å². The van der Waals surface area contributed by atoms with Gasteiger partial charge in [0, 0.05) is 56.4 Å². The van der Waals surface area contributed by atoms with Crippen molar-refractivity contribution in [2.75, 3.05) is 50.5 Å². The molecular weight excluding hydrogens is 639 g/mol. The maximum atomic E-state index is 16.8. The molecule has 258 valence electrons. The lowest BCUT2D eigenvalue weighted by Crippen LogP contribution is -2.62. The number of ether oxygens (including phenoxy) is 3. The fourth-order valence-electron chi connectivity index (χ4n) is 8.15. The summed E-state index contributed by atoms with van der Waals surface area (Å²) in [6, 6.07) is 0.876. The van der Waals surface area contributed by atoms with Gasteiger partial charge >= 0.3 is 12.2 Å². The van der Waals surface area contributed by atoms with Crippen LogP contribution in [0.2, 0.25) is 0 Å². The van der Waals surface area contributed by atoms with Crippen molar-refractivity contribution < 1.29 is 36.2 Å². The Morgan fingerprint density at radius 3 is 2.62 bits per heavy atom. The number of nitrogen functional groups attached to an aromatic ring is 1. The van der Waals surface area contributed by atoms with Gasteiger partial charge in [0.2, 0.25) is 5.88 Å². The lowest BCUT2D eigenvalue weighted by Gasteiger charge is -2.42. The van der Waals surface area contributed by atoms with Crippen molar-refractivity contribution in [2.45, 2.75) is 82.2 Å². The quantitative estimate of drug-likeness (QED) is 0.353. The summed E-state index contributed by atoms with van der Waals surface area (Å²) in [4.78, 5) is 21.6. The van der Waals surface area contributed by atoms with E-state index in [1.807, 2.05) is 11.8 Å². The summed E-state index contributed by atoms with van der Waals surface area (Å²) in [5.41, 5.74) is 2.63. The Kier molecular flexibility index (Phi) is 7.38. The standard InChI is InChI=1S/C32H37F5N8O3/c1-14-23(32(35,36)37)17(8-21(38)39-14)25-24(34)26-22-28(45-9-16-4-5-19(40-16)27(45)15(2)48-29(22)41-25)43-30(42-26)47-13-31(6-7-31)12-44-10-18(33)20(11-44)46-3/h8,15-16,18-20,27,40H,4-7,9-13H2,1-3H3,(H2,38,39)/t15-,16+,18-,19-,20+,27+/m0/s1. The zero-order chi connectivity index (χ0) is 33.7. The molecule has 1 saturated carbocycles. The molecule has 16 heteroatoms. The lowest BCUT2D eigenvalue weighted by molar-refractivity contribution is -0.137. The van der Waals surface area contributed by atoms with Crippen molar-refractivity contribution in [3.63, 3.8) is 0 Å². The molecule has 5 aliphatic rings. The summed E-state index contributed by atoms with van der Waals surface area (Å²) < 4.78 is 92.2. The number of likely N-dealkylation sites (tertiary alicyclic amines) is 1. The van der Waals surface area contributed by atoms with Crippen molar-refractivity contribution in [1.82, 2.24) is 30.2 Å². The van der Waals surface area contributed by atoms with Crippen LogP contribution in [-0.4, -0.2) is 101 Å². The van der Waals surface area contributed by atoms with Crippen LogP contribution in [0.4, 0.5) is 33.6 Å². The van der Waals surface area contributed by atoms with Crippen LogP contribution in [0.25, 0.3) is 22.2 Å². The van der Waals surface area contributed by atoms with Crippen molar-refractivity contribution >= 4 is 22.5 Å². The van der Waals surface area contributed by atoms with Crippen LogP contribution in [0, 0.1) is 18.2 Å². The SMILES string of the molecule is CO[C@@H]1CN(CC2(COc3nc4c5c(nc(-c6cc(N)nc(C)c6C(F)(F)F)c(F)c5n3)O[C@@H](C)[C@@H]3[C@@H]5CC[C@H](CN43)N5)CC2)C[C@@H]1F. The number of aromatic nitrogens is 4. The van der Waals surface area contributed by atoms with Crippen LogP contribution >= 0.6 is 0 Å². The minimum Gasteiger partial charge on any atom is -0.472 e. The van der Waals surface area contributed by atoms with Crippen LogP contribution in [0.15, 0.2) is 6.07 Å². The number of hydrogen-bond acceptors (Lipinski definition) is 11. The molecule has 3 aromatic heterocycles. The minimum absolute atomic E-state index is 0.0525. The van der Waals surface area contributed by atoms with Gasteiger partial charge in [-0.15, -0.1) is 0 Å². The molecule has 0 radical (unpaired) electrons. The van der Waals surface area contributed by atoms with E-state index in [2.05, 4.69) is 25.2 Å². The number of aryl methyl sites for hydroxylation is 1. The summed E-state index contributed by atoms with van der Waals surface area (Å²) in [5.74, 6) is -0.997. The number of alkyl halides is 4. The van der Waals surface area contributed by atoms with Crippen molar-refractivity contribution in [3.8, 4) is 23.1 Å². The third-order valence-electron chi connectivity index (χ3n) is 10.6. The van der Waals surface area contributed by atoms with Gasteiger partial charge in [0.15, 0.2) is 5.82 Å². The van der Waals surface area contributed by atoms with Crippen LogP contribution in [0.1, 0.15) is 43.9 Å². The van der Waals surface area contributed by atoms with E-state index in [4.69, 9.17) is 24.9 Å². The van der Waals surface area contributed by atoms with Gasteiger partial charge in [-0.05, 0) is 45.6 Å². The summed E-state index contributed by atoms with van der Waals surface area (Å²) >= 11 is 0. The Morgan fingerprint density at radius 1 is 1.12 bits per heavy atom. The molecule has 2 bridgehead atoms. The first kappa shape index (κ1) is 31.6. The second-order valence-electron chi connectivity index (χ2n) is 14.0. The molecule has 3 aromatic rings. The molecule has 4 fully saturated rings. The molecule has 7 heterocycles. The average molecular weight is 677 g/mol. The molecule has 48 heavy (non-hydrogen) atoms. The van der Waals surface area contributed by atoms with E-state index < -0.39 is 52.9 Å². The van der Waals surface area contributed by atoms with Crippen LogP contribution in [0.5, 0.6) is 11.9 Å². The zero-order valence-electron chi connectivity index (χ0n) is 26.8. The fraction of sp³-hybridized carbons (Fsp3) is 0.625. The van der Waals surface area contributed by atoms with E-state index in [1.54, 1.807) is 0 Å². The fourth-order valence-corrected chi connectivity index (χ4v) is 8.15. The number of fused-ring (bicyclic) bond motifs is 5. The third kappa shape index (κ3) is 5.26. The van der Waals surface area contributed by atoms with E-state index in [1.165, 1.54) is 14.0 Å². The third-order valence-corrected chi connectivity index (χ3v) is 10.6. The molecule has 0 amide bonds. The highest BCUT2D eigenvalue weighted by Crippen LogP contribution is 2.49. The minimum atomic E-state index is -4.87. The van der Waals surface area contributed by atoms with Gasteiger partial charge < -0.3 is 30.2 Å².